The maximum absolute atomic E-state index is 12.8. The van der Waals surface area contributed by atoms with E-state index in [-0.39, 0.29) is 10.5 Å². The Labute approximate surface area is 77.1 Å². The fourth-order valence-corrected chi connectivity index (χ4v) is 1.31. The molecular formula is C7H4BrFOS. The van der Waals surface area contributed by atoms with E-state index in [9.17, 15) is 9.18 Å². The Morgan fingerprint density at radius 2 is 2.18 bits per heavy atom. The van der Waals surface area contributed by atoms with Crippen LogP contribution in [0.4, 0.5) is 4.39 Å². The van der Waals surface area contributed by atoms with Crippen molar-refractivity contribution in [3.05, 3.63) is 28.0 Å². The van der Waals surface area contributed by atoms with Gasteiger partial charge in [-0.2, -0.15) is 0 Å². The predicted octanol–water partition coefficient (Wildman–Crippen LogP) is 2.69. The van der Waals surface area contributed by atoms with E-state index in [0.29, 0.717) is 10.8 Å². The number of benzene rings is 1. The van der Waals surface area contributed by atoms with Crippen molar-refractivity contribution in [2.45, 2.75) is 4.90 Å². The van der Waals surface area contributed by atoms with Crippen LogP contribution in [0, 0.1) is 5.82 Å². The normalized spacial score (nSPS) is 9.73. The number of carbonyl (C=O) groups is 1. The second-order valence-corrected chi connectivity index (χ2v) is 3.31. The van der Waals surface area contributed by atoms with E-state index >= 15 is 0 Å². The Balaban J connectivity index is 3.35. The minimum absolute atomic E-state index is 0.0863. The van der Waals surface area contributed by atoms with E-state index in [1.165, 1.54) is 12.1 Å². The van der Waals surface area contributed by atoms with Gasteiger partial charge in [-0.3, -0.25) is 4.79 Å². The molecule has 0 saturated heterocycles. The molecule has 0 heterocycles. The van der Waals surface area contributed by atoms with Gasteiger partial charge in [0.1, 0.15) is 5.82 Å². The van der Waals surface area contributed by atoms with Gasteiger partial charge >= 0.3 is 0 Å². The van der Waals surface area contributed by atoms with Crippen LogP contribution in [0.15, 0.2) is 21.5 Å². The summed E-state index contributed by atoms with van der Waals surface area (Å²) in [6.45, 7) is 0. The standard InChI is InChI=1S/C7H4BrFOS/c8-5-1-4(3-10)7(11)6(9)2-5/h1-3,11H. The van der Waals surface area contributed by atoms with Gasteiger partial charge in [0.25, 0.3) is 0 Å². The molecule has 11 heavy (non-hydrogen) atoms. The average molecular weight is 235 g/mol. The first kappa shape index (κ1) is 8.74. The number of aldehydes is 1. The van der Waals surface area contributed by atoms with Crippen LogP contribution in [0.3, 0.4) is 0 Å². The van der Waals surface area contributed by atoms with Crippen molar-refractivity contribution in [3.8, 4) is 0 Å². The maximum Gasteiger partial charge on any atom is 0.151 e. The lowest BCUT2D eigenvalue weighted by atomic mass is 10.2. The van der Waals surface area contributed by atoms with Crippen LogP contribution in [0.2, 0.25) is 0 Å². The molecule has 0 N–H and O–H groups in total. The molecule has 0 aliphatic carbocycles. The number of rotatable bonds is 1. The van der Waals surface area contributed by atoms with Gasteiger partial charge in [0, 0.05) is 10.0 Å². The van der Waals surface area contributed by atoms with E-state index in [0.717, 1.165) is 0 Å². The van der Waals surface area contributed by atoms with Crippen LogP contribution in [-0.4, -0.2) is 6.29 Å². The zero-order chi connectivity index (χ0) is 8.43. The van der Waals surface area contributed by atoms with E-state index < -0.39 is 5.82 Å². The van der Waals surface area contributed by atoms with Gasteiger partial charge in [0.2, 0.25) is 0 Å². The highest BCUT2D eigenvalue weighted by atomic mass is 79.9. The molecule has 1 nitrogen and oxygen atoms in total. The SMILES string of the molecule is O=Cc1cc(Br)cc(F)c1S. The Morgan fingerprint density at radius 1 is 1.55 bits per heavy atom. The first-order chi connectivity index (χ1) is 5.15. The number of carbonyl (C=O) groups excluding carboxylic acids is 1. The van der Waals surface area contributed by atoms with Gasteiger partial charge in [-0.25, -0.2) is 4.39 Å². The van der Waals surface area contributed by atoms with Crippen molar-refractivity contribution >= 4 is 34.8 Å². The summed E-state index contributed by atoms with van der Waals surface area (Å²) < 4.78 is 13.3. The first-order valence-electron chi connectivity index (χ1n) is 2.78. The first-order valence-corrected chi connectivity index (χ1v) is 4.02. The third-order valence-electron chi connectivity index (χ3n) is 1.18. The number of hydrogen-bond acceptors (Lipinski definition) is 2. The number of hydrogen-bond donors (Lipinski definition) is 1. The molecule has 0 radical (unpaired) electrons. The summed E-state index contributed by atoms with van der Waals surface area (Å²) in [5, 5.41) is 0. The average Bonchev–Trinajstić information content (AvgIpc) is 1.96. The summed E-state index contributed by atoms with van der Waals surface area (Å²) in [4.78, 5) is 10.4. The lowest BCUT2D eigenvalue weighted by Gasteiger charge is -1.98. The fourth-order valence-electron chi connectivity index (χ4n) is 0.676. The smallest absolute Gasteiger partial charge is 0.151 e. The van der Waals surface area contributed by atoms with Crippen molar-refractivity contribution in [3.63, 3.8) is 0 Å². The summed E-state index contributed by atoms with van der Waals surface area (Å²) in [6, 6.07) is 2.77. The highest BCUT2D eigenvalue weighted by molar-refractivity contribution is 9.10. The van der Waals surface area contributed by atoms with Gasteiger partial charge in [-0.05, 0) is 12.1 Å². The topological polar surface area (TPSA) is 17.1 Å². The largest absolute Gasteiger partial charge is 0.298 e. The highest BCUT2D eigenvalue weighted by Crippen LogP contribution is 2.21. The molecule has 0 spiro atoms. The van der Waals surface area contributed by atoms with Crippen molar-refractivity contribution in [1.82, 2.24) is 0 Å². The van der Waals surface area contributed by atoms with Gasteiger partial charge in [0.05, 0.1) is 4.90 Å². The van der Waals surface area contributed by atoms with E-state index in [4.69, 9.17) is 0 Å². The van der Waals surface area contributed by atoms with E-state index in [1.807, 2.05) is 0 Å². The van der Waals surface area contributed by atoms with Crippen molar-refractivity contribution < 1.29 is 9.18 Å². The fraction of sp³-hybridized carbons (Fsp3) is 0. The molecule has 0 saturated carbocycles. The molecule has 0 aliphatic heterocycles. The minimum Gasteiger partial charge on any atom is -0.298 e. The van der Waals surface area contributed by atoms with Gasteiger partial charge < -0.3 is 0 Å². The summed E-state index contributed by atoms with van der Waals surface area (Å²) >= 11 is 6.87. The van der Waals surface area contributed by atoms with Crippen LogP contribution in [-0.2, 0) is 0 Å². The number of halogens is 2. The summed E-state index contributed by atoms with van der Waals surface area (Å²) in [6.07, 6.45) is 0.566. The lowest BCUT2D eigenvalue weighted by Crippen LogP contribution is -1.87. The molecule has 1 rings (SSSR count). The Bertz CT molecular complexity index is 301. The van der Waals surface area contributed by atoms with Crippen molar-refractivity contribution in [2.24, 2.45) is 0 Å². The van der Waals surface area contributed by atoms with Gasteiger partial charge in [0.15, 0.2) is 6.29 Å². The molecule has 4 heteroatoms. The molecule has 1 aromatic rings. The molecule has 0 fully saturated rings. The van der Waals surface area contributed by atoms with Crippen molar-refractivity contribution in [1.29, 1.82) is 0 Å². The third kappa shape index (κ3) is 1.81. The molecular weight excluding hydrogens is 231 g/mol. The molecule has 0 amide bonds. The third-order valence-corrected chi connectivity index (χ3v) is 2.11. The Hall–Kier alpha value is -0.350. The van der Waals surface area contributed by atoms with E-state index in [1.54, 1.807) is 0 Å². The molecule has 0 aliphatic rings. The van der Waals surface area contributed by atoms with Crippen LogP contribution in [0.5, 0.6) is 0 Å². The number of thiol groups is 1. The summed E-state index contributed by atoms with van der Waals surface area (Å²) in [7, 11) is 0. The summed E-state index contributed by atoms with van der Waals surface area (Å²) in [5.41, 5.74) is 0.250. The van der Waals surface area contributed by atoms with Crippen molar-refractivity contribution in [2.75, 3.05) is 0 Å². The zero-order valence-electron chi connectivity index (χ0n) is 5.34. The van der Waals surface area contributed by atoms with E-state index in [2.05, 4.69) is 28.6 Å². The van der Waals surface area contributed by atoms with Gasteiger partial charge in [-0.15, -0.1) is 12.6 Å². The molecule has 0 unspecified atom stereocenters. The second-order valence-electron chi connectivity index (χ2n) is 1.94. The molecule has 0 bridgehead atoms. The van der Waals surface area contributed by atoms with Crippen LogP contribution in [0.25, 0.3) is 0 Å². The van der Waals surface area contributed by atoms with Crippen LogP contribution in [0.1, 0.15) is 10.4 Å². The quantitative estimate of drug-likeness (QED) is 0.585. The highest BCUT2D eigenvalue weighted by Gasteiger charge is 2.04. The van der Waals surface area contributed by atoms with Gasteiger partial charge in [-0.1, -0.05) is 15.9 Å². The second kappa shape index (κ2) is 3.36. The predicted molar refractivity (Wildman–Crippen MR) is 46.7 cm³/mol. The lowest BCUT2D eigenvalue weighted by molar-refractivity contribution is 0.112. The Kier molecular flexibility index (Phi) is 2.67. The van der Waals surface area contributed by atoms with Crippen LogP contribution < -0.4 is 0 Å². The maximum atomic E-state index is 12.8. The molecule has 58 valence electrons. The molecule has 0 aromatic heterocycles. The van der Waals surface area contributed by atoms with Crippen LogP contribution >= 0.6 is 28.6 Å². The molecule has 0 atom stereocenters. The zero-order valence-corrected chi connectivity index (χ0v) is 7.82. The monoisotopic (exact) mass is 234 g/mol. The molecule has 1 aromatic carbocycles. The minimum atomic E-state index is -0.496. The Morgan fingerprint density at radius 3 is 2.73 bits per heavy atom. The summed E-state index contributed by atoms with van der Waals surface area (Å²) in [5.74, 6) is -0.496.